The first-order chi connectivity index (χ1) is 9.63. The van der Waals surface area contributed by atoms with Crippen LogP contribution in [0, 0.1) is 11.8 Å². The zero-order chi connectivity index (χ0) is 14.8. The molecule has 0 aromatic carbocycles. The summed E-state index contributed by atoms with van der Waals surface area (Å²) < 4.78 is 7.52. The lowest BCUT2D eigenvalue weighted by Crippen LogP contribution is -2.40. The van der Waals surface area contributed by atoms with Crippen molar-refractivity contribution in [2.45, 2.75) is 90.6 Å². The smallest absolute Gasteiger partial charge is 0.0771 e. The number of halogens is 1. The van der Waals surface area contributed by atoms with Gasteiger partial charge in [0, 0.05) is 11.0 Å². The van der Waals surface area contributed by atoms with Crippen LogP contribution in [0.2, 0.25) is 0 Å². The third-order valence-electron chi connectivity index (χ3n) is 5.03. The number of hydrogen-bond donors (Lipinski definition) is 0. The molecule has 0 atom stereocenters. The molecule has 0 radical (unpaired) electrons. The van der Waals surface area contributed by atoms with Crippen molar-refractivity contribution in [1.29, 1.82) is 0 Å². The zero-order valence-corrected chi connectivity index (χ0v) is 16.1. The first-order valence-electron chi connectivity index (χ1n) is 8.83. The summed E-state index contributed by atoms with van der Waals surface area (Å²) in [6.45, 7) is 8.01. The van der Waals surface area contributed by atoms with Gasteiger partial charge < -0.3 is 4.74 Å². The molecule has 20 heavy (non-hydrogen) atoms. The summed E-state index contributed by atoms with van der Waals surface area (Å²) in [6, 6.07) is 0. The number of rotatable bonds is 10. The van der Waals surface area contributed by atoms with E-state index >= 15 is 0 Å². The first kappa shape index (κ1) is 18.7. The summed E-state index contributed by atoms with van der Waals surface area (Å²) in [5.41, 5.74) is 0.218. The maximum atomic E-state index is 6.35. The van der Waals surface area contributed by atoms with Crippen LogP contribution in [0.5, 0.6) is 0 Å². The highest BCUT2D eigenvalue weighted by atomic mass is 127. The van der Waals surface area contributed by atoms with Gasteiger partial charge in [-0.15, -0.1) is 0 Å². The number of alkyl halides is 1. The molecule has 120 valence electrons. The van der Waals surface area contributed by atoms with E-state index in [1.165, 1.54) is 68.6 Å². The molecule has 1 aliphatic rings. The Morgan fingerprint density at radius 1 is 1.05 bits per heavy atom. The summed E-state index contributed by atoms with van der Waals surface area (Å²) in [5.74, 6) is 1.78. The number of ether oxygens (including phenoxy) is 1. The molecule has 1 fully saturated rings. The van der Waals surface area contributed by atoms with Crippen LogP contribution in [-0.4, -0.2) is 16.6 Å². The van der Waals surface area contributed by atoms with Crippen molar-refractivity contribution in [3.05, 3.63) is 0 Å². The summed E-state index contributed by atoms with van der Waals surface area (Å²) in [4.78, 5) is 0. The fraction of sp³-hybridized carbons (Fsp3) is 1.00. The Morgan fingerprint density at radius 3 is 2.20 bits per heavy atom. The van der Waals surface area contributed by atoms with Crippen LogP contribution < -0.4 is 0 Å². The number of hydrogen-bond acceptors (Lipinski definition) is 1. The standard InChI is InChI=1S/C18H35IO/c1-4-5-6-7-8-9-14-20-18(15-19)12-10-17(11-13-18)16(2)3/h16-17H,4-15H2,1-3H3. The Hall–Kier alpha value is 0.690. The molecule has 1 nitrogen and oxygen atoms in total. The topological polar surface area (TPSA) is 9.23 Å². The summed E-state index contributed by atoms with van der Waals surface area (Å²) in [7, 11) is 0. The third kappa shape index (κ3) is 6.64. The van der Waals surface area contributed by atoms with Crippen LogP contribution in [-0.2, 0) is 4.74 Å². The summed E-state index contributed by atoms with van der Waals surface area (Å²) >= 11 is 2.54. The van der Waals surface area contributed by atoms with Crippen molar-refractivity contribution in [1.82, 2.24) is 0 Å². The predicted molar refractivity (Wildman–Crippen MR) is 97.7 cm³/mol. The van der Waals surface area contributed by atoms with Gasteiger partial charge in [-0.2, -0.15) is 0 Å². The minimum absolute atomic E-state index is 0.218. The molecular weight excluding hydrogens is 359 g/mol. The van der Waals surface area contributed by atoms with Crippen molar-refractivity contribution >= 4 is 22.6 Å². The van der Waals surface area contributed by atoms with E-state index in [-0.39, 0.29) is 5.60 Å². The Morgan fingerprint density at radius 2 is 1.65 bits per heavy atom. The van der Waals surface area contributed by atoms with Gasteiger partial charge in [0.2, 0.25) is 0 Å². The normalized spacial score (nSPS) is 27.1. The number of unbranched alkanes of at least 4 members (excludes halogenated alkanes) is 5. The predicted octanol–water partition coefficient (Wildman–Crippen LogP) is 6.38. The van der Waals surface area contributed by atoms with Gasteiger partial charge in [-0.25, -0.2) is 0 Å². The molecule has 0 spiro atoms. The lowest BCUT2D eigenvalue weighted by molar-refractivity contribution is -0.0633. The zero-order valence-electron chi connectivity index (χ0n) is 13.9. The molecule has 2 heteroatoms. The Labute approximate surface area is 140 Å². The second kappa shape index (κ2) is 10.4. The SMILES string of the molecule is CCCCCCCCOC1(CI)CCC(C(C)C)CC1. The van der Waals surface area contributed by atoms with Gasteiger partial charge in [-0.1, -0.05) is 75.5 Å². The second-order valence-corrected chi connectivity index (χ2v) is 7.78. The van der Waals surface area contributed by atoms with Gasteiger partial charge >= 0.3 is 0 Å². The van der Waals surface area contributed by atoms with Crippen LogP contribution in [0.15, 0.2) is 0 Å². The minimum atomic E-state index is 0.218. The monoisotopic (exact) mass is 394 g/mol. The third-order valence-corrected chi connectivity index (χ3v) is 6.42. The Bertz CT molecular complexity index is 232. The average Bonchev–Trinajstić information content (AvgIpc) is 2.46. The maximum Gasteiger partial charge on any atom is 0.0771 e. The quantitative estimate of drug-likeness (QED) is 0.237. The highest BCUT2D eigenvalue weighted by Gasteiger charge is 2.35. The fourth-order valence-corrected chi connectivity index (χ4v) is 4.30. The summed E-state index contributed by atoms with van der Waals surface area (Å²) in [5, 5.41) is 0. The van der Waals surface area contributed by atoms with E-state index < -0.39 is 0 Å². The van der Waals surface area contributed by atoms with Gasteiger partial charge in [0.25, 0.3) is 0 Å². The molecule has 0 saturated heterocycles. The fourth-order valence-electron chi connectivity index (χ4n) is 3.32. The van der Waals surface area contributed by atoms with Gasteiger partial charge in [-0.3, -0.25) is 0 Å². The van der Waals surface area contributed by atoms with Crippen LogP contribution in [0.25, 0.3) is 0 Å². The molecule has 0 aromatic rings. The molecule has 0 amide bonds. The molecule has 0 bridgehead atoms. The van der Waals surface area contributed by atoms with E-state index in [0.717, 1.165) is 18.4 Å². The van der Waals surface area contributed by atoms with Crippen molar-refractivity contribution in [2.75, 3.05) is 11.0 Å². The molecule has 1 saturated carbocycles. The minimum Gasteiger partial charge on any atom is -0.374 e. The molecule has 0 heterocycles. The molecule has 0 N–H and O–H groups in total. The van der Waals surface area contributed by atoms with Gasteiger partial charge in [0.1, 0.15) is 0 Å². The van der Waals surface area contributed by atoms with Gasteiger partial charge in [0.05, 0.1) is 5.60 Å². The maximum absolute atomic E-state index is 6.35. The largest absolute Gasteiger partial charge is 0.374 e. The van der Waals surface area contributed by atoms with Crippen molar-refractivity contribution in [3.63, 3.8) is 0 Å². The van der Waals surface area contributed by atoms with E-state index in [2.05, 4.69) is 43.4 Å². The van der Waals surface area contributed by atoms with E-state index in [1.54, 1.807) is 0 Å². The van der Waals surface area contributed by atoms with E-state index in [4.69, 9.17) is 4.74 Å². The average molecular weight is 394 g/mol. The highest BCUT2D eigenvalue weighted by Crippen LogP contribution is 2.39. The second-order valence-electron chi connectivity index (χ2n) is 7.01. The van der Waals surface area contributed by atoms with Crippen molar-refractivity contribution in [3.8, 4) is 0 Å². The Kier molecular flexibility index (Phi) is 9.76. The molecular formula is C18H35IO. The van der Waals surface area contributed by atoms with Gasteiger partial charge in [-0.05, 0) is 43.9 Å². The lowest BCUT2D eigenvalue weighted by Gasteiger charge is -2.40. The van der Waals surface area contributed by atoms with Crippen LogP contribution in [0.1, 0.15) is 85.0 Å². The molecule has 1 aliphatic carbocycles. The van der Waals surface area contributed by atoms with E-state index in [1.807, 2.05) is 0 Å². The molecule has 0 aromatic heterocycles. The van der Waals surface area contributed by atoms with Crippen LogP contribution in [0.3, 0.4) is 0 Å². The summed E-state index contributed by atoms with van der Waals surface area (Å²) in [6.07, 6.45) is 13.5. The molecule has 0 unspecified atom stereocenters. The molecule has 1 rings (SSSR count). The Balaban J connectivity index is 2.16. The van der Waals surface area contributed by atoms with E-state index in [0.29, 0.717) is 0 Å². The highest BCUT2D eigenvalue weighted by molar-refractivity contribution is 14.1. The lowest BCUT2D eigenvalue weighted by atomic mass is 9.75. The van der Waals surface area contributed by atoms with Crippen molar-refractivity contribution in [2.24, 2.45) is 11.8 Å². The van der Waals surface area contributed by atoms with Gasteiger partial charge in [0.15, 0.2) is 0 Å². The van der Waals surface area contributed by atoms with Crippen molar-refractivity contribution < 1.29 is 4.74 Å². The van der Waals surface area contributed by atoms with Crippen LogP contribution >= 0.6 is 22.6 Å². The first-order valence-corrected chi connectivity index (χ1v) is 10.4. The van der Waals surface area contributed by atoms with Crippen LogP contribution in [0.4, 0.5) is 0 Å². The van der Waals surface area contributed by atoms with E-state index in [9.17, 15) is 0 Å². The molecule has 0 aliphatic heterocycles.